The second kappa shape index (κ2) is 5.37. The van der Waals surface area contributed by atoms with Crippen LogP contribution in [0.15, 0.2) is 0 Å². The minimum absolute atomic E-state index is 0.0466. The van der Waals surface area contributed by atoms with Gasteiger partial charge in [0.2, 0.25) is 0 Å². The number of nitriles is 1. The fraction of sp³-hybridized carbons (Fsp3) is 0.833. The Morgan fingerprint density at radius 1 is 1.59 bits per heavy atom. The molecule has 2 atom stereocenters. The summed E-state index contributed by atoms with van der Waals surface area (Å²) in [5, 5.41) is 18.0. The zero-order chi connectivity index (χ0) is 13.1. The van der Waals surface area contributed by atoms with Gasteiger partial charge in [0.25, 0.3) is 0 Å². The summed E-state index contributed by atoms with van der Waals surface area (Å²) < 4.78 is 5.25. The molecule has 1 heterocycles. The Morgan fingerprint density at radius 2 is 2.24 bits per heavy atom. The monoisotopic (exact) mass is 240 g/mol. The number of carbonyl (C=O) groups is 1. The van der Waals surface area contributed by atoms with Crippen molar-refractivity contribution in [3.8, 4) is 6.07 Å². The molecule has 5 nitrogen and oxygen atoms in total. The van der Waals surface area contributed by atoms with Crippen LogP contribution in [-0.2, 0) is 4.74 Å². The first-order valence-electron chi connectivity index (χ1n) is 5.89. The van der Waals surface area contributed by atoms with Gasteiger partial charge in [-0.25, -0.2) is 4.79 Å². The molecule has 1 amide bonds. The van der Waals surface area contributed by atoms with E-state index in [0.717, 1.165) is 6.42 Å². The van der Waals surface area contributed by atoms with E-state index in [-0.39, 0.29) is 12.5 Å². The molecule has 17 heavy (non-hydrogen) atoms. The number of rotatable bonds is 2. The summed E-state index contributed by atoms with van der Waals surface area (Å²) in [5.74, 6) is 0.0533. The molecule has 1 saturated heterocycles. The summed E-state index contributed by atoms with van der Waals surface area (Å²) in [7, 11) is 0. The number of amides is 1. The molecule has 0 aromatic carbocycles. The molecule has 1 aliphatic rings. The van der Waals surface area contributed by atoms with Gasteiger partial charge >= 0.3 is 6.09 Å². The predicted octanol–water partition coefficient (Wildman–Crippen LogP) is 1.52. The van der Waals surface area contributed by atoms with Crippen molar-refractivity contribution in [1.29, 1.82) is 5.26 Å². The van der Waals surface area contributed by atoms with Gasteiger partial charge in [0, 0.05) is 13.2 Å². The van der Waals surface area contributed by atoms with Crippen LogP contribution < -0.4 is 0 Å². The van der Waals surface area contributed by atoms with Crippen molar-refractivity contribution >= 4 is 6.09 Å². The first-order valence-corrected chi connectivity index (χ1v) is 5.89. The number of carbonyl (C=O) groups excluding carboxylic acids is 1. The first kappa shape index (κ1) is 13.8. The number of nitrogens with zero attached hydrogens (tertiary/aromatic N) is 2. The third-order valence-corrected chi connectivity index (χ3v) is 2.78. The largest absolute Gasteiger partial charge is 0.444 e. The predicted molar refractivity (Wildman–Crippen MR) is 62.2 cm³/mol. The molecule has 0 spiro atoms. The Kier molecular flexibility index (Phi) is 4.35. The lowest BCUT2D eigenvalue weighted by atomic mass is 9.98. The van der Waals surface area contributed by atoms with Crippen molar-refractivity contribution < 1.29 is 14.6 Å². The van der Waals surface area contributed by atoms with Crippen LogP contribution >= 0.6 is 0 Å². The summed E-state index contributed by atoms with van der Waals surface area (Å²) in [6, 6.07) is 1.65. The fourth-order valence-corrected chi connectivity index (χ4v) is 2.02. The molecule has 1 rings (SSSR count). The fourth-order valence-electron chi connectivity index (χ4n) is 2.02. The van der Waals surface area contributed by atoms with Crippen LogP contribution in [0.2, 0.25) is 0 Å². The van der Waals surface area contributed by atoms with Gasteiger partial charge in [-0.15, -0.1) is 0 Å². The zero-order valence-electron chi connectivity index (χ0n) is 10.6. The molecule has 0 aromatic heterocycles. The maximum absolute atomic E-state index is 11.9. The van der Waals surface area contributed by atoms with Crippen LogP contribution in [0, 0.1) is 17.2 Å². The highest BCUT2D eigenvalue weighted by molar-refractivity contribution is 5.69. The zero-order valence-corrected chi connectivity index (χ0v) is 10.6. The second-order valence-electron chi connectivity index (χ2n) is 5.31. The van der Waals surface area contributed by atoms with E-state index in [2.05, 4.69) is 6.07 Å². The van der Waals surface area contributed by atoms with Crippen molar-refractivity contribution in [2.45, 2.75) is 45.3 Å². The summed E-state index contributed by atoms with van der Waals surface area (Å²) in [6.45, 7) is 5.97. The highest BCUT2D eigenvalue weighted by Crippen LogP contribution is 2.28. The average molecular weight is 240 g/mol. The molecule has 0 unspecified atom stereocenters. The SMILES string of the molecule is CC(C)(C)OC(=O)N1CC[C@@H](CCO)[C@H]1C#N. The lowest BCUT2D eigenvalue weighted by molar-refractivity contribution is 0.0244. The Bertz CT molecular complexity index is 317. The Balaban J connectivity index is 2.66. The molecule has 0 bridgehead atoms. The lowest BCUT2D eigenvalue weighted by Crippen LogP contribution is -2.40. The number of hydrogen-bond donors (Lipinski definition) is 1. The third-order valence-electron chi connectivity index (χ3n) is 2.78. The standard InChI is InChI=1S/C12H20N2O3/c1-12(2,3)17-11(16)14-6-4-9(5-7-15)10(14)8-13/h9-10,15H,4-7H2,1-3H3/t9-,10+/m0/s1. The van der Waals surface area contributed by atoms with Crippen molar-refractivity contribution in [2.75, 3.05) is 13.2 Å². The van der Waals surface area contributed by atoms with E-state index >= 15 is 0 Å². The van der Waals surface area contributed by atoms with Gasteiger partial charge in [-0.2, -0.15) is 5.26 Å². The van der Waals surface area contributed by atoms with E-state index in [4.69, 9.17) is 15.1 Å². The number of hydrogen-bond acceptors (Lipinski definition) is 4. The number of aliphatic hydroxyl groups excluding tert-OH is 1. The molecule has 1 aliphatic heterocycles. The van der Waals surface area contributed by atoms with Gasteiger partial charge in [-0.1, -0.05) is 0 Å². The minimum Gasteiger partial charge on any atom is -0.444 e. The van der Waals surface area contributed by atoms with Crippen LogP contribution in [-0.4, -0.2) is 40.9 Å². The van der Waals surface area contributed by atoms with Crippen LogP contribution in [0.1, 0.15) is 33.6 Å². The van der Waals surface area contributed by atoms with E-state index in [1.54, 1.807) is 20.8 Å². The topological polar surface area (TPSA) is 73.6 Å². The van der Waals surface area contributed by atoms with Gasteiger partial charge in [-0.05, 0) is 39.5 Å². The summed E-state index contributed by atoms with van der Waals surface area (Å²) >= 11 is 0. The van der Waals surface area contributed by atoms with Crippen molar-refractivity contribution in [3.05, 3.63) is 0 Å². The first-order chi connectivity index (χ1) is 7.89. The van der Waals surface area contributed by atoms with E-state index < -0.39 is 17.7 Å². The van der Waals surface area contributed by atoms with Crippen LogP contribution in [0.25, 0.3) is 0 Å². The quantitative estimate of drug-likeness (QED) is 0.794. The average Bonchev–Trinajstić information content (AvgIpc) is 2.58. The molecule has 1 N–H and O–H groups in total. The molecule has 96 valence electrons. The molecule has 0 aromatic rings. The number of likely N-dealkylation sites (tertiary alicyclic amines) is 1. The van der Waals surface area contributed by atoms with Crippen LogP contribution in [0.4, 0.5) is 4.79 Å². The van der Waals surface area contributed by atoms with Crippen molar-refractivity contribution in [2.24, 2.45) is 5.92 Å². The van der Waals surface area contributed by atoms with Crippen molar-refractivity contribution in [1.82, 2.24) is 4.90 Å². The highest BCUT2D eigenvalue weighted by atomic mass is 16.6. The van der Waals surface area contributed by atoms with Gasteiger partial charge < -0.3 is 9.84 Å². The number of ether oxygens (including phenoxy) is 1. The summed E-state index contributed by atoms with van der Waals surface area (Å²) in [4.78, 5) is 13.3. The van der Waals surface area contributed by atoms with Gasteiger partial charge in [-0.3, -0.25) is 4.90 Å². The molecule has 5 heteroatoms. The van der Waals surface area contributed by atoms with Crippen LogP contribution in [0.3, 0.4) is 0 Å². The number of aliphatic hydroxyl groups is 1. The van der Waals surface area contributed by atoms with E-state index in [9.17, 15) is 4.79 Å². The Morgan fingerprint density at radius 3 is 2.71 bits per heavy atom. The van der Waals surface area contributed by atoms with E-state index in [0.29, 0.717) is 13.0 Å². The van der Waals surface area contributed by atoms with E-state index in [1.165, 1.54) is 4.90 Å². The molecule has 0 radical (unpaired) electrons. The second-order valence-corrected chi connectivity index (χ2v) is 5.31. The maximum atomic E-state index is 11.9. The van der Waals surface area contributed by atoms with Gasteiger partial charge in [0.1, 0.15) is 11.6 Å². The Hall–Kier alpha value is -1.28. The summed E-state index contributed by atoms with van der Waals surface area (Å²) in [5.41, 5.74) is -0.549. The maximum Gasteiger partial charge on any atom is 0.411 e. The summed E-state index contributed by atoms with van der Waals surface area (Å²) in [6.07, 6.45) is 0.861. The smallest absolute Gasteiger partial charge is 0.411 e. The van der Waals surface area contributed by atoms with E-state index in [1.807, 2.05) is 0 Å². The van der Waals surface area contributed by atoms with Crippen LogP contribution in [0.5, 0.6) is 0 Å². The molecular formula is C12H20N2O3. The molecule has 1 fully saturated rings. The Labute approximate surface area is 102 Å². The van der Waals surface area contributed by atoms with Gasteiger partial charge in [0.15, 0.2) is 0 Å². The molecule has 0 saturated carbocycles. The molecular weight excluding hydrogens is 220 g/mol. The minimum atomic E-state index is -0.549. The molecule has 0 aliphatic carbocycles. The van der Waals surface area contributed by atoms with Gasteiger partial charge in [0.05, 0.1) is 6.07 Å². The highest BCUT2D eigenvalue weighted by Gasteiger charge is 2.38. The lowest BCUT2D eigenvalue weighted by Gasteiger charge is -2.27. The normalized spacial score (nSPS) is 24.5. The van der Waals surface area contributed by atoms with Crippen molar-refractivity contribution in [3.63, 3.8) is 0 Å². The third kappa shape index (κ3) is 3.60.